The van der Waals surface area contributed by atoms with Gasteiger partial charge >= 0.3 is 0 Å². The van der Waals surface area contributed by atoms with Crippen LogP contribution in [0.4, 0.5) is 0 Å². The monoisotopic (exact) mass is 306 g/mol. The predicted octanol–water partition coefficient (Wildman–Crippen LogP) is 0.352. The molecule has 2 N–H and O–H groups in total. The van der Waals surface area contributed by atoms with Crippen LogP contribution in [0.1, 0.15) is 22.5 Å². The number of aromatic nitrogens is 1. The molecular formula is C15H22N4O3. The highest BCUT2D eigenvalue weighted by Crippen LogP contribution is 2.13. The number of nitriles is 1. The minimum atomic E-state index is -0.227. The molecule has 1 aliphatic rings. The van der Waals surface area contributed by atoms with Crippen LogP contribution in [0.2, 0.25) is 0 Å². The van der Waals surface area contributed by atoms with Crippen molar-refractivity contribution in [1.82, 2.24) is 15.2 Å². The zero-order chi connectivity index (χ0) is 15.9. The average Bonchev–Trinajstić information content (AvgIpc) is 2.98. The molecule has 1 aromatic heterocycles. The van der Waals surface area contributed by atoms with E-state index in [-0.39, 0.29) is 18.1 Å². The lowest BCUT2D eigenvalue weighted by atomic mass is 10.1. The number of ether oxygens (including phenoxy) is 2. The van der Waals surface area contributed by atoms with E-state index in [1.807, 2.05) is 25.1 Å². The Morgan fingerprint density at radius 1 is 1.64 bits per heavy atom. The van der Waals surface area contributed by atoms with Crippen molar-refractivity contribution in [3.8, 4) is 6.07 Å². The van der Waals surface area contributed by atoms with Gasteiger partial charge in [-0.2, -0.15) is 5.26 Å². The van der Waals surface area contributed by atoms with Gasteiger partial charge in [0.25, 0.3) is 5.91 Å². The van der Waals surface area contributed by atoms with Gasteiger partial charge in [-0.15, -0.1) is 0 Å². The first-order valence-corrected chi connectivity index (χ1v) is 7.33. The molecule has 2 rings (SSSR count). The number of carbonyl (C=O) groups excluding carboxylic acids is 1. The third kappa shape index (κ3) is 4.56. The number of amides is 1. The van der Waals surface area contributed by atoms with Crippen molar-refractivity contribution in [2.75, 3.05) is 40.5 Å². The van der Waals surface area contributed by atoms with Crippen LogP contribution in [0.25, 0.3) is 0 Å². The molecule has 120 valence electrons. The van der Waals surface area contributed by atoms with E-state index < -0.39 is 0 Å². The second-order valence-corrected chi connectivity index (χ2v) is 5.57. The summed E-state index contributed by atoms with van der Waals surface area (Å²) in [6.45, 7) is 2.49. The van der Waals surface area contributed by atoms with Crippen LogP contribution in [0.15, 0.2) is 12.3 Å². The van der Waals surface area contributed by atoms with Crippen LogP contribution in [-0.4, -0.2) is 68.4 Å². The summed E-state index contributed by atoms with van der Waals surface area (Å²) in [4.78, 5) is 17.1. The Morgan fingerprint density at radius 2 is 2.45 bits per heavy atom. The number of rotatable bonds is 6. The van der Waals surface area contributed by atoms with E-state index in [4.69, 9.17) is 14.7 Å². The second kappa shape index (κ2) is 7.94. The van der Waals surface area contributed by atoms with Crippen molar-refractivity contribution in [2.45, 2.75) is 18.6 Å². The molecular weight excluding hydrogens is 284 g/mol. The van der Waals surface area contributed by atoms with Crippen molar-refractivity contribution in [2.24, 2.45) is 0 Å². The van der Waals surface area contributed by atoms with Gasteiger partial charge in [-0.05, 0) is 26.6 Å². The van der Waals surface area contributed by atoms with Crippen molar-refractivity contribution < 1.29 is 14.3 Å². The number of H-pyrrole nitrogens is 1. The molecule has 7 nitrogen and oxygen atoms in total. The highest BCUT2D eigenvalue weighted by Gasteiger charge is 2.28. The Balaban J connectivity index is 1.90. The normalized spacial score (nSPS) is 21.5. The maximum Gasteiger partial charge on any atom is 0.268 e. The van der Waals surface area contributed by atoms with Gasteiger partial charge in [0.1, 0.15) is 17.9 Å². The first-order valence-electron chi connectivity index (χ1n) is 7.33. The maximum absolute atomic E-state index is 12.2. The van der Waals surface area contributed by atoms with Crippen LogP contribution in [0.5, 0.6) is 0 Å². The molecule has 0 radical (unpaired) electrons. The van der Waals surface area contributed by atoms with E-state index in [1.165, 1.54) is 12.3 Å². The largest absolute Gasteiger partial charge is 0.379 e. The van der Waals surface area contributed by atoms with E-state index in [0.29, 0.717) is 37.5 Å². The lowest BCUT2D eigenvalue weighted by Gasteiger charge is -2.32. The van der Waals surface area contributed by atoms with Crippen molar-refractivity contribution in [3.63, 3.8) is 0 Å². The van der Waals surface area contributed by atoms with Crippen LogP contribution < -0.4 is 5.32 Å². The van der Waals surface area contributed by atoms with Gasteiger partial charge < -0.3 is 24.7 Å². The number of hydrogen-bond donors (Lipinski definition) is 2. The summed E-state index contributed by atoms with van der Waals surface area (Å²) in [7, 11) is 3.97. The number of likely N-dealkylation sites (N-methyl/N-ethyl adjacent to an activating group) is 1. The Hall–Kier alpha value is -1.88. The quantitative estimate of drug-likeness (QED) is 0.791. The van der Waals surface area contributed by atoms with E-state index in [1.54, 1.807) is 0 Å². The summed E-state index contributed by atoms with van der Waals surface area (Å²) in [6, 6.07) is 3.44. The molecule has 0 saturated carbocycles. The molecule has 2 atom stereocenters. The van der Waals surface area contributed by atoms with Crippen molar-refractivity contribution >= 4 is 5.91 Å². The first kappa shape index (κ1) is 16.5. The minimum Gasteiger partial charge on any atom is -0.379 e. The van der Waals surface area contributed by atoms with Crippen LogP contribution in [-0.2, 0) is 9.47 Å². The van der Waals surface area contributed by atoms with Gasteiger partial charge in [0.05, 0.1) is 24.8 Å². The molecule has 0 spiro atoms. The SMILES string of the molecule is CN(C)CCO[C@@H]1COCC[C@H]1NC(=O)c1cc(C#N)c[nH]1. The zero-order valence-electron chi connectivity index (χ0n) is 13.0. The standard InChI is InChI=1S/C15H22N4O3/c1-19(2)4-6-22-14-10-21-5-3-12(14)18-15(20)13-7-11(8-16)9-17-13/h7,9,12,14,17H,3-6,10H2,1-2H3,(H,18,20)/t12-,14-/m1/s1. The molecule has 1 fully saturated rings. The Kier molecular flexibility index (Phi) is 5.95. The van der Waals surface area contributed by atoms with Crippen LogP contribution >= 0.6 is 0 Å². The average molecular weight is 306 g/mol. The lowest BCUT2D eigenvalue weighted by Crippen LogP contribution is -2.50. The number of carbonyl (C=O) groups is 1. The molecule has 1 saturated heterocycles. The molecule has 1 aliphatic heterocycles. The topological polar surface area (TPSA) is 90.4 Å². The molecule has 0 aromatic carbocycles. The van der Waals surface area contributed by atoms with E-state index in [0.717, 1.165) is 6.54 Å². The molecule has 0 aliphatic carbocycles. The van der Waals surface area contributed by atoms with Crippen molar-refractivity contribution in [3.05, 3.63) is 23.5 Å². The van der Waals surface area contributed by atoms with Crippen LogP contribution in [0.3, 0.4) is 0 Å². The molecule has 7 heteroatoms. The van der Waals surface area contributed by atoms with E-state index in [2.05, 4.69) is 10.3 Å². The third-order valence-corrected chi connectivity index (χ3v) is 3.55. The Bertz CT molecular complexity index is 535. The molecule has 0 unspecified atom stereocenters. The summed E-state index contributed by atoms with van der Waals surface area (Å²) in [5.74, 6) is -0.227. The highest BCUT2D eigenvalue weighted by molar-refractivity contribution is 5.93. The summed E-state index contributed by atoms with van der Waals surface area (Å²) in [6.07, 6.45) is 2.08. The smallest absolute Gasteiger partial charge is 0.268 e. The van der Waals surface area contributed by atoms with Gasteiger partial charge in [0.15, 0.2) is 0 Å². The van der Waals surface area contributed by atoms with E-state index >= 15 is 0 Å². The number of nitrogens with zero attached hydrogens (tertiary/aromatic N) is 2. The van der Waals surface area contributed by atoms with Gasteiger partial charge in [-0.3, -0.25) is 4.79 Å². The fourth-order valence-electron chi connectivity index (χ4n) is 2.26. The van der Waals surface area contributed by atoms with Gasteiger partial charge in [-0.1, -0.05) is 0 Å². The summed E-state index contributed by atoms with van der Waals surface area (Å²) < 4.78 is 11.3. The van der Waals surface area contributed by atoms with Gasteiger partial charge in [0.2, 0.25) is 0 Å². The summed E-state index contributed by atoms with van der Waals surface area (Å²) in [5, 5.41) is 11.8. The number of hydrogen-bond acceptors (Lipinski definition) is 5. The molecule has 22 heavy (non-hydrogen) atoms. The predicted molar refractivity (Wildman–Crippen MR) is 80.5 cm³/mol. The van der Waals surface area contributed by atoms with Gasteiger partial charge in [-0.25, -0.2) is 0 Å². The lowest BCUT2D eigenvalue weighted by molar-refractivity contribution is -0.0691. The second-order valence-electron chi connectivity index (χ2n) is 5.57. The minimum absolute atomic E-state index is 0.0859. The molecule has 0 bridgehead atoms. The molecule has 1 aromatic rings. The van der Waals surface area contributed by atoms with Crippen LogP contribution in [0, 0.1) is 11.3 Å². The fourth-order valence-corrected chi connectivity index (χ4v) is 2.26. The zero-order valence-corrected chi connectivity index (χ0v) is 13.0. The van der Waals surface area contributed by atoms with E-state index in [9.17, 15) is 4.79 Å². The summed E-state index contributed by atoms with van der Waals surface area (Å²) in [5.41, 5.74) is 0.825. The van der Waals surface area contributed by atoms with Gasteiger partial charge in [0, 0.05) is 19.3 Å². The highest BCUT2D eigenvalue weighted by atomic mass is 16.5. The maximum atomic E-state index is 12.2. The third-order valence-electron chi connectivity index (χ3n) is 3.55. The van der Waals surface area contributed by atoms with Crippen molar-refractivity contribution in [1.29, 1.82) is 5.26 Å². The Labute approximate surface area is 130 Å². The summed E-state index contributed by atoms with van der Waals surface area (Å²) >= 11 is 0. The molecule has 2 heterocycles. The number of nitrogens with one attached hydrogen (secondary N) is 2. The Morgan fingerprint density at radius 3 is 3.14 bits per heavy atom. The number of aromatic amines is 1. The first-order chi connectivity index (χ1) is 10.6. The molecule has 1 amide bonds. The fraction of sp³-hybridized carbons (Fsp3) is 0.600.